The van der Waals surface area contributed by atoms with Crippen LogP contribution in [-0.4, -0.2) is 51.4 Å². The first-order chi connectivity index (χ1) is 15.5. The summed E-state index contributed by atoms with van der Waals surface area (Å²) in [5, 5.41) is 0. The monoisotopic (exact) mass is 434 g/mol. The van der Waals surface area contributed by atoms with Gasteiger partial charge in [0.2, 0.25) is 5.91 Å². The van der Waals surface area contributed by atoms with Crippen molar-refractivity contribution in [2.24, 2.45) is 11.8 Å². The van der Waals surface area contributed by atoms with Crippen molar-refractivity contribution in [3.63, 3.8) is 0 Å². The average Bonchev–Trinajstić information content (AvgIpc) is 2.81. The van der Waals surface area contributed by atoms with Gasteiger partial charge in [0.15, 0.2) is 0 Å². The van der Waals surface area contributed by atoms with Crippen LogP contribution >= 0.6 is 0 Å². The molecule has 32 heavy (non-hydrogen) atoms. The van der Waals surface area contributed by atoms with Crippen molar-refractivity contribution >= 4 is 5.91 Å². The second kappa shape index (κ2) is 8.81. The molecule has 1 aromatic heterocycles. The number of nitrogens with one attached hydrogen (secondary N) is 1. The fourth-order valence-electron chi connectivity index (χ4n) is 6.35. The summed E-state index contributed by atoms with van der Waals surface area (Å²) in [6.45, 7) is 6.49. The highest BCUT2D eigenvalue weighted by Crippen LogP contribution is 2.44. The Labute approximate surface area is 190 Å². The Bertz CT molecular complexity index is 1030. The van der Waals surface area contributed by atoms with Crippen LogP contribution in [0.15, 0.2) is 35.1 Å². The maximum Gasteiger partial charge on any atom is 0.254 e. The number of carbonyl (C=O) groups excluding carboxylic acids is 1. The van der Waals surface area contributed by atoms with Crippen LogP contribution in [0.5, 0.6) is 0 Å². The van der Waals surface area contributed by atoms with Gasteiger partial charge in [-0.05, 0) is 50.0 Å². The summed E-state index contributed by atoms with van der Waals surface area (Å²) in [7, 11) is 0. The quantitative estimate of drug-likeness (QED) is 0.802. The zero-order chi connectivity index (χ0) is 22.2. The summed E-state index contributed by atoms with van der Waals surface area (Å²) in [5.74, 6) is 1.79. The number of H-pyrrole nitrogens is 1. The molecule has 3 aliphatic rings. The van der Waals surface area contributed by atoms with Gasteiger partial charge >= 0.3 is 0 Å². The fourth-order valence-corrected chi connectivity index (χ4v) is 6.35. The number of fused-ring (bicyclic) bond motifs is 4. The Morgan fingerprint density at radius 3 is 2.72 bits per heavy atom. The summed E-state index contributed by atoms with van der Waals surface area (Å²) in [5.41, 5.74) is 2.47. The summed E-state index contributed by atoms with van der Waals surface area (Å²) in [6.07, 6.45) is 5.76. The van der Waals surface area contributed by atoms with Crippen molar-refractivity contribution in [2.75, 3.05) is 19.6 Å². The number of piperidine rings is 3. The van der Waals surface area contributed by atoms with E-state index in [0.717, 1.165) is 19.6 Å². The Kier molecular flexibility index (Phi) is 5.89. The number of hydrogen-bond acceptors (Lipinski definition) is 4. The minimum atomic E-state index is -0.163. The number of amides is 1. The van der Waals surface area contributed by atoms with Crippen LogP contribution in [0.2, 0.25) is 0 Å². The first-order valence-corrected chi connectivity index (χ1v) is 12.2. The van der Waals surface area contributed by atoms with Crippen LogP contribution in [0.1, 0.15) is 61.3 Å². The molecule has 2 bridgehead atoms. The number of rotatable bonds is 4. The molecule has 3 saturated heterocycles. The molecule has 3 aliphatic heterocycles. The summed E-state index contributed by atoms with van der Waals surface area (Å²) >= 11 is 0. The van der Waals surface area contributed by atoms with Gasteiger partial charge < -0.3 is 9.88 Å². The summed E-state index contributed by atoms with van der Waals surface area (Å²) in [4.78, 5) is 37.8. The van der Waals surface area contributed by atoms with Gasteiger partial charge in [-0.15, -0.1) is 0 Å². The van der Waals surface area contributed by atoms with Crippen LogP contribution < -0.4 is 5.56 Å². The van der Waals surface area contributed by atoms with Crippen molar-refractivity contribution in [2.45, 2.75) is 64.5 Å². The van der Waals surface area contributed by atoms with E-state index in [1.54, 1.807) is 0 Å². The number of hydrogen-bond donors (Lipinski definition) is 1. The van der Waals surface area contributed by atoms with E-state index in [-0.39, 0.29) is 17.9 Å². The summed E-state index contributed by atoms with van der Waals surface area (Å²) in [6, 6.07) is 12.0. The predicted octanol–water partition coefficient (Wildman–Crippen LogP) is 3.26. The molecule has 0 aliphatic carbocycles. The lowest BCUT2D eigenvalue weighted by Crippen LogP contribution is -2.60. The molecule has 0 spiro atoms. The molecule has 6 heteroatoms. The van der Waals surface area contributed by atoms with Gasteiger partial charge in [-0.25, -0.2) is 4.98 Å². The van der Waals surface area contributed by atoms with Crippen LogP contribution in [-0.2, 0) is 17.6 Å². The third-order valence-corrected chi connectivity index (χ3v) is 7.86. The van der Waals surface area contributed by atoms with E-state index < -0.39 is 0 Å². The molecule has 0 unspecified atom stereocenters. The van der Waals surface area contributed by atoms with Crippen LogP contribution in [0.25, 0.3) is 0 Å². The number of carbonyl (C=O) groups is 1. The summed E-state index contributed by atoms with van der Waals surface area (Å²) < 4.78 is 0. The van der Waals surface area contributed by atoms with E-state index >= 15 is 0 Å². The van der Waals surface area contributed by atoms with Crippen molar-refractivity contribution in [1.82, 2.24) is 19.8 Å². The average molecular weight is 435 g/mol. The third-order valence-electron chi connectivity index (χ3n) is 7.86. The Balaban J connectivity index is 1.31. The Hall–Kier alpha value is -2.47. The fraction of sp³-hybridized carbons (Fsp3) is 0.577. The van der Waals surface area contributed by atoms with E-state index in [0.29, 0.717) is 47.4 Å². The smallest absolute Gasteiger partial charge is 0.254 e. The molecule has 3 fully saturated rings. The Morgan fingerprint density at radius 2 is 1.97 bits per heavy atom. The van der Waals surface area contributed by atoms with Crippen LogP contribution in [0.4, 0.5) is 0 Å². The minimum absolute atomic E-state index is 0.0724. The van der Waals surface area contributed by atoms with Gasteiger partial charge in [-0.1, -0.05) is 37.3 Å². The third kappa shape index (κ3) is 4.01. The molecular formula is C26H34N4O2. The molecule has 0 saturated carbocycles. The second-order valence-electron chi connectivity index (χ2n) is 9.89. The number of aromatic nitrogens is 2. The highest BCUT2D eigenvalue weighted by Gasteiger charge is 2.45. The maximum absolute atomic E-state index is 13.2. The molecule has 6 nitrogen and oxygen atoms in total. The number of aryl methyl sites for hydroxylation is 2. The molecular weight excluding hydrogens is 400 g/mol. The largest absolute Gasteiger partial charge is 0.342 e. The van der Waals surface area contributed by atoms with Crippen molar-refractivity contribution < 1.29 is 4.79 Å². The zero-order valence-electron chi connectivity index (χ0n) is 19.2. The van der Waals surface area contributed by atoms with E-state index in [2.05, 4.69) is 45.2 Å². The van der Waals surface area contributed by atoms with Crippen LogP contribution in [0, 0.1) is 18.8 Å². The topological polar surface area (TPSA) is 69.3 Å². The molecule has 0 radical (unpaired) electrons. The van der Waals surface area contributed by atoms with E-state index in [9.17, 15) is 9.59 Å². The molecule has 1 amide bonds. The highest BCUT2D eigenvalue weighted by molar-refractivity contribution is 5.79. The Morgan fingerprint density at radius 1 is 1.16 bits per heavy atom. The van der Waals surface area contributed by atoms with Gasteiger partial charge in [0.25, 0.3) is 5.56 Å². The maximum atomic E-state index is 13.2. The standard InChI is InChI=1S/C26H34N4O2/c1-3-24-27-17(2)21(26(32)28-24)13-25(31)29-14-18-12-20(16-29)23-11-7-10-22(30(23)15-18)19-8-5-4-6-9-19/h4-6,8-9,18,20,22-23H,3,7,10-16H2,1-2H3,(H,27,28,32)/t18-,20+,22+,23-/m0/s1. The number of nitrogens with zero attached hydrogens (tertiary/aromatic N) is 3. The van der Waals surface area contributed by atoms with Gasteiger partial charge in [0.1, 0.15) is 5.82 Å². The normalized spacial score (nSPS) is 27.8. The molecule has 5 rings (SSSR count). The number of aromatic amines is 1. The van der Waals surface area contributed by atoms with E-state index in [1.165, 1.54) is 31.2 Å². The van der Waals surface area contributed by atoms with Gasteiger partial charge in [-0.2, -0.15) is 0 Å². The molecule has 1 N–H and O–H groups in total. The molecule has 170 valence electrons. The molecule has 4 heterocycles. The van der Waals surface area contributed by atoms with Crippen LogP contribution in [0.3, 0.4) is 0 Å². The van der Waals surface area contributed by atoms with Crippen molar-refractivity contribution in [1.29, 1.82) is 0 Å². The van der Waals surface area contributed by atoms with E-state index in [4.69, 9.17) is 0 Å². The molecule has 4 atom stereocenters. The predicted molar refractivity (Wildman–Crippen MR) is 124 cm³/mol. The molecule has 2 aromatic rings. The first-order valence-electron chi connectivity index (χ1n) is 12.2. The SMILES string of the molecule is CCc1nc(C)c(CC(=O)N2C[C@@H]3C[C@H](C2)[C@@H]2CCC[C@H](c4ccccc4)N2C3)c(=O)[nH]1. The lowest BCUT2D eigenvalue weighted by Gasteiger charge is -2.55. The van der Waals surface area contributed by atoms with Gasteiger partial charge in [0, 0.05) is 49.4 Å². The zero-order valence-corrected chi connectivity index (χ0v) is 19.2. The number of likely N-dealkylation sites (tertiary alicyclic amines) is 1. The van der Waals surface area contributed by atoms with Crippen molar-refractivity contribution in [3.05, 3.63) is 63.3 Å². The lowest BCUT2D eigenvalue weighted by molar-refractivity contribution is -0.138. The van der Waals surface area contributed by atoms with Crippen molar-refractivity contribution in [3.8, 4) is 0 Å². The number of benzene rings is 1. The van der Waals surface area contributed by atoms with Gasteiger partial charge in [-0.3, -0.25) is 14.5 Å². The molecule has 1 aromatic carbocycles. The van der Waals surface area contributed by atoms with Gasteiger partial charge in [0.05, 0.1) is 6.42 Å². The first kappa shape index (κ1) is 21.4. The van der Waals surface area contributed by atoms with E-state index in [1.807, 2.05) is 18.7 Å². The highest BCUT2D eigenvalue weighted by atomic mass is 16.2. The lowest BCUT2D eigenvalue weighted by atomic mass is 9.74. The minimum Gasteiger partial charge on any atom is -0.342 e. The second-order valence-corrected chi connectivity index (χ2v) is 9.89.